The summed E-state index contributed by atoms with van der Waals surface area (Å²) < 4.78 is 1.81. The normalized spacial score (nSPS) is 12.0. The molecule has 2 rings (SSSR count). The van der Waals surface area contributed by atoms with Gasteiger partial charge in [-0.3, -0.25) is 14.7 Å². The Morgan fingerprint density at radius 3 is 2.48 bits per heavy atom. The Balaban J connectivity index is 2.31. The van der Waals surface area contributed by atoms with E-state index in [0.29, 0.717) is 0 Å². The lowest BCUT2D eigenvalue weighted by molar-refractivity contribution is 0.402. The number of hydrogen-bond donors (Lipinski definition) is 1. The van der Waals surface area contributed by atoms with Crippen LogP contribution in [0.25, 0.3) is 11.1 Å². The van der Waals surface area contributed by atoms with Crippen molar-refractivity contribution < 1.29 is 0 Å². The number of nitrogens with two attached hydrogens (primary N) is 1. The number of allylic oxidation sites excluding steroid dienone is 2. The highest BCUT2D eigenvalue weighted by Gasteiger charge is 2.10. The van der Waals surface area contributed by atoms with Gasteiger partial charge in [0.2, 0.25) is 0 Å². The fourth-order valence-corrected chi connectivity index (χ4v) is 2.11. The van der Waals surface area contributed by atoms with Crippen LogP contribution in [0.5, 0.6) is 0 Å². The third kappa shape index (κ3) is 3.18. The molecule has 0 fully saturated rings. The second-order valence-electron chi connectivity index (χ2n) is 5.27. The Bertz CT molecular complexity index is 652. The summed E-state index contributed by atoms with van der Waals surface area (Å²) in [5, 5.41) is 8.34. The average Bonchev–Trinajstić information content (AvgIpc) is 2.91. The van der Waals surface area contributed by atoms with E-state index in [1.54, 1.807) is 0 Å². The molecule has 0 spiro atoms. The van der Waals surface area contributed by atoms with Gasteiger partial charge < -0.3 is 5.73 Å². The summed E-state index contributed by atoms with van der Waals surface area (Å²) in [4.78, 5) is 0. The SMILES string of the molecule is C/C(N)=C(/C)N(C)N(C)c1cccc(-c2cnn(C)c2)c1. The topological polar surface area (TPSA) is 50.3 Å². The smallest absolute Gasteiger partial charge is 0.0576 e. The van der Waals surface area contributed by atoms with Crippen LogP contribution >= 0.6 is 0 Å². The highest BCUT2D eigenvalue weighted by Crippen LogP contribution is 2.25. The fourth-order valence-electron chi connectivity index (χ4n) is 2.11. The molecule has 2 N–H and O–H groups in total. The van der Waals surface area contributed by atoms with Crippen molar-refractivity contribution in [3.63, 3.8) is 0 Å². The molecule has 0 aliphatic heterocycles. The van der Waals surface area contributed by atoms with E-state index in [1.807, 2.05) is 57.1 Å². The maximum absolute atomic E-state index is 5.88. The molecule has 1 heterocycles. The van der Waals surface area contributed by atoms with E-state index in [1.165, 1.54) is 0 Å². The molecule has 1 aromatic carbocycles. The monoisotopic (exact) mass is 285 g/mol. The van der Waals surface area contributed by atoms with Crippen molar-refractivity contribution in [2.45, 2.75) is 13.8 Å². The number of hydrazine groups is 1. The zero-order chi connectivity index (χ0) is 15.6. The summed E-state index contributed by atoms with van der Waals surface area (Å²) in [5.74, 6) is 0. The number of aromatic nitrogens is 2. The molecule has 0 bridgehead atoms. The first kappa shape index (κ1) is 15.0. The van der Waals surface area contributed by atoms with Gasteiger partial charge in [-0.15, -0.1) is 0 Å². The Labute approximate surface area is 126 Å². The molecule has 5 heteroatoms. The van der Waals surface area contributed by atoms with Crippen molar-refractivity contribution in [2.24, 2.45) is 12.8 Å². The van der Waals surface area contributed by atoms with Gasteiger partial charge in [-0.25, -0.2) is 0 Å². The van der Waals surface area contributed by atoms with Crippen LogP contribution in [0.2, 0.25) is 0 Å². The standard InChI is InChI=1S/C16H23N5/c1-12(17)13(2)20(4)21(5)16-8-6-7-14(9-16)15-10-18-19(3)11-15/h6-11H,17H2,1-5H3/b13-12+. The van der Waals surface area contributed by atoms with Crippen LogP contribution in [-0.4, -0.2) is 28.9 Å². The van der Waals surface area contributed by atoms with Crippen LogP contribution < -0.4 is 10.7 Å². The van der Waals surface area contributed by atoms with E-state index >= 15 is 0 Å². The maximum Gasteiger partial charge on any atom is 0.0576 e. The highest BCUT2D eigenvalue weighted by atomic mass is 15.6. The van der Waals surface area contributed by atoms with E-state index in [4.69, 9.17) is 5.73 Å². The van der Waals surface area contributed by atoms with Crippen LogP contribution in [0.15, 0.2) is 48.1 Å². The lowest BCUT2D eigenvalue weighted by atomic mass is 10.1. The van der Waals surface area contributed by atoms with Crippen LogP contribution in [0.3, 0.4) is 0 Å². The number of rotatable bonds is 4. The van der Waals surface area contributed by atoms with Crippen LogP contribution in [0.4, 0.5) is 5.69 Å². The average molecular weight is 285 g/mol. The third-order valence-corrected chi connectivity index (χ3v) is 3.76. The Morgan fingerprint density at radius 1 is 1.19 bits per heavy atom. The van der Waals surface area contributed by atoms with Crippen molar-refractivity contribution in [1.29, 1.82) is 0 Å². The van der Waals surface area contributed by atoms with Crippen LogP contribution in [0, 0.1) is 0 Å². The number of nitrogens with zero attached hydrogens (tertiary/aromatic N) is 4. The number of aryl methyl sites for hydroxylation is 1. The zero-order valence-electron chi connectivity index (χ0n) is 13.3. The number of anilines is 1. The van der Waals surface area contributed by atoms with Crippen molar-refractivity contribution >= 4 is 5.69 Å². The minimum absolute atomic E-state index is 0.813. The Hall–Kier alpha value is -2.43. The van der Waals surface area contributed by atoms with Crippen molar-refractivity contribution in [1.82, 2.24) is 14.8 Å². The van der Waals surface area contributed by atoms with E-state index in [2.05, 4.69) is 34.4 Å². The van der Waals surface area contributed by atoms with E-state index < -0.39 is 0 Å². The molecule has 1 aromatic heterocycles. The van der Waals surface area contributed by atoms with E-state index in [0.717, 1.165) is 28.2 Å². The lowest BCUT2D eigenvalue weighted by Gasteiger charge is -2.33. The lowest BCUT2D eigenvalue weighted by Crippen LogP contribution is -2.36. The molecule has 0 atom stereocenters. The summed E-state index contributed by atoms with van der Waals surface area (Å²) in [7, 11) is 5.95. The van der Waals surface area contributed by atoms with E-state index in [9.17, 15) is 0 Å². The highest BCUT2D eigenvalue weighted by molar-refractivity contribution is 5.67. The summed E-state index contributed by atoms with van der Waals surface area (Å²) in [5.41, 5.74) is 11.1. The third-order valence-electron chi connectivity index (χ3n) is 3.76. The molecule has 0 radical (unpaired) electrons. The molecule has 2 aromatic rings. The van der Waals surface area contributed by atoms with Gasteiger partial charge in [-0.2, -0.15) is 5.10 Å². The molecule has 0 unspecified atom stereocenters. The molecule has 0 saturated heterocycles. The molecule has 21 heavy (non-hydrogen) atoms. The van der Waals surface area contributed by atoms with Crippen molar-refractivity contribution in [3.05, 3.63) is 48.1 Å². The van der Waals surface area contributed by atoms with Crippen LogP contribution in [0.1, 0.15) is 13.8 Å². The van der Waals surface area contributed by atoms with Gasteiger partial charge in [0, 0.05) is 44.3 Å². The largest absolute Gasteiger partial charge is 0.401 e. The molecule has 0 saturated carbocycles. The predicted octanol–water partition coefficient (Wildman–Crippen LogP) is 2.58. The molecular weight excluding hydrogens is 262 g/mol. The zero-order valence-corrected chi connectivity index (χ0v) is 13.3. The van der Waals surface area contributed by atoms with E-state index in [-0.39, 0.29) is 0 Å². The Morgan fingerprint density at radius 2 is 1.90 bits per heavy atom. The second-order valence-corrected chi connectivity index (χ2v) is 5.27. The number of hydrogen-bond acceptors (Lipinski definition) is 4. The summed E-state index contributed by atoms with van der Waals surface area (Å²) >= 11 is 0. The van der Waals surface area contributed by atoms with Gasteiger partial charge in [0.1, 0.15) is 0 Å². The maximum atomic E-state index is 5.88. The predicted molar refractivity (Wildman–Crippen MR) is 87.4 cm³/mol. The van der Waals surface area contributed by atoms with Gasteiger partial charge in [0.25, 0.3) is 0 Å². The molecule has 0 amide bonds. The minimum Gasteiger partial charge on any atom is -0.401 e. The molecule has 5 nitrogen and oxygen atoms in total. The second kappa shape index (κ2) is 5.91. The van der Waals surface area contributed by atoms with Gasteiger partial charge in [0.15, 0.2) is 0 Å². The van der Waals surface area contributed by atoms with Gasteiger partial charge in [-0.05, 0) is 31.5 Å². The molecular formula is C16H23N5. The minimum atomic E-state index is 0.813. The first-order valence-corrected chi connectivity index (χ1v) is 6.89. The molecule has 0 aliphatic carbocycles. The summed E-state index contributed by atoms with van der Waals surface area (Å²) in [6.07, 6.45) is 3.88. The van der Waals surface area contributed by atoms with Gasteiger partial charge in [0.05, 0.1) is 11.9 Å². The van der Waals surface area contributed by atoms with Crippen molar-refractivity contribution in [3.8, 4) is 11.1 Å². The quantitative estimate of drug-likeness (QED) is 0.877. The summed E-state index contributed by atoms with van der Waals surface area (Å²) in [6, 6.07) is 8.36. The van der Waals surface area contributed by atoms with Crippen molar-refractivity contribution in [2.75, 3.05) is 19.1 Å². The Kier molecular flexibility index (Phi) is 4.21. The van der Waals surface area contributed by atoms with Gasteiger partial charge in [-0.1, -0.05) is 12.1 Å². The summed E-state index contributed by atoms with van der Waals surface area (Å²) in [6.45, 7) is 3.92. The first-order valence-electron chi connectivity index (χ1n) is 6.89. The number of benzene rings is 1. The van der Waals surface area contributed by atoms with Crippen LogP contribution in [-0.2, 0) is 7.05 Å². The molecule has 112 valence electrons. The first-order chi connectivity index (χ1) is 9.90. The van der Waals surface area contributed by atoms with Gasteiger partial charge >= 0.3 is 0 Å². The molecule has 0 aliphatic rings. The fraction of sp³-hybridized carbons (Fsp3) is 0.312.